The molecule has 1 aliphatic carbocycles. The lowest BCUT2D eigenvalue weighted by atomic mass is 10.0. The Kier molecular flexibility index (Phi) is 4.87. The number of nitrogens with zero attached hydrogens (tertiary/aromatic N) is 5. The molecular weight excluding hydrogens is 369 g/mol. The lowest BCUT2D eigenvalue weighted by Gasteiger charge is -2.36. The van der Waals surface area contributed by atoms with Crippen LogP contribution in [0.5, 0.6) is 0 Å². The second-order valence-corrected chi connectivity index (χ2v) is 8.33. The van der Waals surface area contributed by atoms with Crippen molar-refractivity contribution in [2.75, 3.05) is 13.1 Å². The highest BCUT2D eigenvalue weighted by atomic mass is 19.1. The van der Waals surface area contributed by atoms with Crippen molar-refractivity contribution in [1.82, 2.24) is 19.9 Å². The lowest BCUT2D eigenvalue weighted by molar-refractivity contribution is 0.0330. The molecule has 154 valence electrons. The number of likely N-dealkylation sites (tertiary alicyclic amines) is 1. The molecule has 0 aromatic carbocycles. The molecule has 1 saturated heterocycles. The second kappa shape index (κ2) is 7.54. The fourth-order valence-corrected chi connectivity index (χ4v) is 5.16. The fourth-order valence-electron chi connectivity index (χ4n) is 5.16. The first kappa shape index (κ1) is 18.8. The molecule has 4 aliphatic rings. The van der Waals surface area contributed by atoms with Gasteiger partial charge in [0.2, 0.25) is 0 Å². The van der Waals surface area contributed by atoms with E-state index in [1.54, 1.807) is 6.07 Å². The summed E-state index contributed by atoms with van der Waals surface area (Å²) in [4.78, 5) is 11.6. The number of fused-ring (bicyclic) bond motifs is 1. The lowest BCUT2D eigenvalue weighted by Crippen LogP contribution is -2.42. The standard InChI is InChI=1S/C22H28FN5O/c1-2-19-18(12-15(23)14-24-19)20-4-3-9-26(20)21-7-11-28-22(25-21)8-10-27(28)16-5-6-17(29)13-16/h7-8,11-12,14,16-17,20,29H,2-6,9-10,13H2,1H3/t16-,17-,20+/m0/s1. The largest absolute Gasteiger partial charge is 0.393 e. The van der Waals surface area contributed by atoms with Gasteiger partial charge in [0.05, 0.1) is 18.3 Å². The maximum Gasteiger partial charge on any atom is 0.146 e. The minimum Gasteiger partial charge on any atom is -0.393 e. The van der Waals surface area contributed by atoms with Gasteiger partial charge >= 0.3 is 0 Å². The third-order valence-corrected chi connectivity index (χ3v) is 6.58. The Balaban J connectivity index is 1.37. The summed E-state index contributed by atoms with van der Waals surface area (Å²) >= 11 is 0. The third kappa shape index (κ3) is 3.36. The van der Waals surface area contributed by atoms with Crippen molar-refractivity contribution < 1.29 is 9.50 Å². The zero-order chi connectivity index (χ0) is 20.0. The van der Waals surface area contributed by atoms with E-state index in [1.165, 1.54) is 6.20 Å². The van der Waals surface area contributed by atoms with E-state index >= 15 is 0 Å². The summed E-state index contributed by atoms with van der Waals surface area (Å²) in [5.41, 5.74) is 1.96. The van der Waals surface area contributed by atoms with E-state index in [-0.39, 0.29) is 18.0 Å². The van der Waals surface area contributed by atoms with Gasteiger partial charge in [-0.2, -0.15) is 0 Å². The van der Waals surface area contributed by atoms with Gasteiger partial charge < -0.3 is 10.0 Å². The first-order valence-electron chi connectivity index (χ1n) is 10.8. The molecule has 0 spiro atoms. The summed E-state index contributed by atoms with van der Waals surface area (Å²) in [5, 5.41) is 14.3. The van der Waals surface area contributed by atoms with Crippen LogP contribution in [-0.2, 0) is 6.42 Å². The van der Waals surface area contributed by atoms with E-state index in [0.717, 1.165) is 74.5 Å². The summed E-state index contributed by atoms with van der Waals surface area (Å²) in [7, 11) is 0. The van der Waals surface area contributed by atoms with Gasteiger partial charge in [-0.05, 0) is 62.3 Å². The number of rotatable bonds is 3. The van der Waals surface area contributed by atoms with Crippen LogP contribution in [0.25, 0.3) is 0 Å². The van der Waals surface area contributed by atoms with Gasteiger partial charge in [0.1, 0.15) is 17.5 Å². The number of hydrazine groups is 1. The molecule has 1 aromatic rings. The molecule has 29 heavy (non-hydrogen) atoms. The van der Waals surface area contributed by atoms with Gasteiger partial charge in [-0.3, -0.25) is 9.99 Å². The molecule has 0 bridgehead atoms. The normalized spacial score (nSPS) is 29.4. The van der Waals surface area contributed by atoms with Gasteiger partial charge in [0.15, 0.2) is 0 Å². The van der Waals surface area contributed by atoms with Crippen LogP contribution in [0.15, 0.2) is 41.4 Å². The Morgan fingerprint density at radius 1 is 1.28 bits per heavy atom. The molecule has 1 aromatic heterocycles. The van der Waals surface area contributed by atoms with Gasteiger partial charge in [-0.25, -0.2) is 14.4 Å². The SMILES string of the molecule is CCc1ncc(F)cc1[C@H]1CCCN1C1=NC2=CCN([C@H]3CC[C@H](O)C3)N2C=C1. The summed E-state index contributed by atoms with van der Waals surface area (Å²) in [6.45, 7) is 3.81. The van der Waals surface area contributed by atoms with E-state index in [0.29, 0.717) is 6.04 Å². The molecule has 3 aliphatic heterocycles. The molecule has 7 heteroatoms. The van der Waals surface area contributed by atoms with Crippen LogP contribution in [-0.4, -0.2) is 56.1 Å². The number of aliphatic imine (C=N–C) groups is 1. The number of hydrogen-bond donors (Lipinski definition) is 1. The van der Waals surface area contributed by atoms with Crippen LogP contribution in [0.3, 0.4) is 0 Å². The van der Waals surface area contributed by atoms with Crippen molar-refractivity contribution in [1.29, 1.82) is 0 Å². The number of halogens is 1. The smallest absolute Gasteiger partial charge is 0.146 e. The average molecular weight is 397 g/mol. The molecule has 2 fully saturated rings. The molecule has 6 nitrogen and oxygen atoms in total. The van der Waals surface area contributed by atoms with Gasteiger partial charge in [-0.1, -0.05) is 6.92 Å². The molecule has 0 amide bonds. The molecular formula is C22H28FN5O. The van der Waals surface area contributed by atoms with Gasteiger partial charge in [0.25, 0.3) is 0 Å². The predicted molar refractivity (Wildman–Crippen MR) is 109 cm³/mol. The number of amidine groups is 1. The van der Waals surface area contributed by atoms with Crippen LogP contribution in [0.2, 0.25) is 0 Å². The van der Waals surface area contributed by atoms with E-state index in [2.05, 4.69) is 45.2 Å². The zero-order valence-corrected chi connectivity index (χ0v) is 16.8. The topological polar surface area (TPSA) is 55.2 Å². The summed E-state index contributed by atoms with van der Waals surface area (Å²) in [5.74, 6) is 1.61. The maximum atomic E-state index is 13.9. The Morgan fingerprint density at radius 3 is 2.97 bits per heavy atom. The first-order valence-corrected chi connectivity index (χ1v) is 10.8. The Labute approximate surface area is 171 Å². The summed E-state index contributed by atoms with van der Waals surface area (Å²) in [6, 6.07) is 2.13. The first-order chi connectivity index (χ1) is 14.1. The molecule has 0 radical (unpaired) electrons. The quantitative estimate of drug-likeness (QED) is 0.849. The Morgan fingerprint density at radius 2 is 2.17 bits per heavy atom. The van der Waals surface area contributed by atoms with Crippen molar-refractivity contribution in [3.8, 4) is 0 Å². The van der Waals surface area contributed by atoms with E-state index in [4.69, 9.17) is 4.99 Å². The van der Waals surface area contributed by atoms with Gasteiger partial charge in [-0.15, -0.1) is 0 Å². The van der Waals surface area contributed by atoms with Crippen LogP contribution >= 0.6 is 0 Å². The summed E-state index contributed by atoms with van der Waals surface area (Å²) < 4.78 is 13.9. The molecule has 4 heterocycles. The highest BCUT2D eigenvalue weighted by Crippen LogP contribution is 2.37. The monoisotopic (exact) mass is 397 g/mol. The van der Waals surface area contributed by atoms with Crippen molar-refractivity contribution in [2.45, 2.75) is 63.6 Å². The van der Waals surface area contributed by atoms with Crippen molar-refractivity contribution in [3.05, 3.63) is 53.5 Å². The van der Waals surface area contributed by atoms with Crippen LogP contribution < -0.4 is 0 Å². The number of aryl methyl sites for hydroxylation is 1. The third-order valence-electron chi connectivity index (χ3n) is 6.58. The molecule has 1 N–H and O–H groups in total. The second-order valence-electron chi connectivity index (χ2n) is 8.33. The number of aromatic nitrogens is 1. The molecule has 5 rings (SSSR count). The van der Waals surface area contributed by atoms with Crippen LogP contribution in [0.4, 0.5) is 4.39 Å². The predicted octanol–water partition coefficient (Wildman–Crippen LogP) is 3.13. The number of aliphatic hydroxyl groups excluding tert-OH is 1. The van der Waals surface area contributed by atoms with Crippen molar-refractivity contribution in [3.63, 3.8) is 0 Å². The van der Waals surface area contributed by atoms with E-state index < -0.39 is 0 Å². The van der Waals surface area contributed by atoms with Gasteiger partial charge in [0, 0.05) is 31.0 Å². The molecule has 1 saturated carbocycles. The highest BCUT2D eigenvalue weighted by Gasteiger charge is 2.37. The van der Waals surface area contributed by atoms with Crippen LogP contribution in [0.1, 0.15) is 56.3 Å². The van der Waals surface area contributed by atoms with Crippen LogP contribution in [0, 0.1) is 5.82 Å². The highest BCUT2D eigenvalue weighted by molar-refractivity contribution is 5.95. The average Bonchev–Trinajstić information content (AvgIpc) is 3.46. The van der Waals surface area contributed by atoms with Crippen molar-refractivity contribution >= 4 is 5.84 Å². The Hall–Kier alpha value is -2.25. The number of aliphatic hydroxyl groups is 1. The van der Waals surface area contributed by atoms with E-state index in [1.807, 2.05) is 0 Å². The van der Waals surface area contributed by atoms with E-state index in [9.17, 15) is 9.50 Å². The number of pyridine rings is 1. The maximum absolute atomic E-state index is 13.9. The molecule has 0 unspecified atom stereocenters. The minimum atomic E-state index is -0.274. The fraction of sp³-hybridized carbons (Fsp3) is 0.545. The summed E-state index contributed by atoms with van der Waals surface area (Å²) in [6.07, 6.45) is 13.0. The van der Waals surface area contributed by atoms with Crippen molar-refractivity contribution in [2.24, 2.45) is 4.99 Å². The molecule has 3 atom stereocenters. The number of hydrogen-bond acceptors (Lipinski definition) is 6. The minimum absolute atomic E-state index is 0.117. The Bertz CT molecular complexity index is 882. The zero-order valence-electron chi connectivity index (χ0n) is 16.8.